The van der Waals surface area contributed by atoms with E-state index in [1.807, 2.05) is 27.2 Å². The number of phosphoric ester groups is 1. The van der Waals surface area contributed by atoms with Crippen LogP contribution in [0.15, 0.2) is 48.6 Å². The molecule has 0 saturated carbocycles. The molecule has 0 aromatic carbocycles. The molecule has 0 aromatic heterocycles. The first-order chi connectivity index (χ1) is 25.5. The molecule has 53 heavy (non-hydrogen) atoms. The van der Waals surface area contributed by atoms with Crippen molar-refractivity contribution in [2.75, 3.05) is 47.5 Å². The van der Waals surface area contributed by atoms with Crippen molar-refractivity contribution in [1.82, 2.24) is 0 Å². The van der Waals surface area contributed by atoms with Crippen LogP contribution < -0.4 is 0 Å². The normalized spacial score (nSPS) is 14.2. The maximum absolute atomic E-state index is 12.6. The second-order valence-electron chi connectivity index (χ2n) is 15.0. The van der Waals surface area contributed by atoms with Gasteiger partial charge in [0.2, 0.25) is 0 Å². The molecule has 0 amide bonds. The molecule has 0 aliphatic heterocycles. The molecule has 0 heterocycles. The van der Waals surface area contributed by atoms with Gasteiger partial charge in [0.15, 0.2) is 6.10 Å². The predicted molar refractivity (Wildman–Crippen MR) is 220 cm³/mol. The molecule has 0 aliphatic rings. The first-order valence-electron chi connectivity index (χ1n) is 20.9. The lowest BCUT2D eigenvalue weighted by Crippen LogP contribution is -2.37. The highest BCUT2D eigenvalue weighted by atomic mass is 31.2. The van der Waals surface area contributed by atoms with E-state index in [1.165, 1.54) is 83.5 Å². The second kappa shape index (κ2) is 35.7. The Balaban J connectivity index is 4.42. The molecule has 0 spiro atoms. The van der Waals surface area contributed by atoms with E-state index < -0.39 is 26.5 Å². The highest BCUT2D eigenvalue weighted by Gasteiger charge is 2.27. The lowest BCUT2D eigenvalue weighted by atomic mass is 10.1. The Morgan fingerprint density at radius 3 is 1.57 bits per heavy atom. The fraction of sp³-hybridized carbons (Fsp3) is 0.767. The molecule has 1 N–H and O–H groups in total. The van der Waals surface area contributed by atoms with E-state index in [0.717, 1.165) is 44.9 Å². The molecular weight excluding hydrogens is 689 g/mol. The van der Waals surface area contributed by atoms with Gasteiger partial charge >= 0.3 is 19.8 Å². The Kier molecular flexibility index (Phi) is 34.3. The first kappa shape index (κ1) is 51.0. The molecule has 0 aliphatic carbocycles. The number of allylic oxidation sites excluding steroid dienone is 8. The molecule has 308 valence electrons. The number of unbranched alkanes of at least 4 members (excludes halogenated alkanes) is 15. The maximum Gasteiger partial charge on any atom is 0.472 e. The van der Waals surface area contributed by atoms with Crippen LogP contribution in [0.5, 0.6) is 0 Å². The van der Waals surface area contributed by atoms with E-state index in [4.69, 9.17) is 18.5 Å². The van der Waals surface area contributed by atoms with Gasteiger partial charge in [-0.1, -0.05) is 146 Å². The van der Waals surface area contributed by atoms with Gasteiger partial charge in [-0.2, -0.15) is 0 Å². The standard InChI is InChI=1S/C43H78NO8P/c1-6-8-10-12-14-16-17-18-19-20-21-22-23-24-25-26-27-28-30-32-34-36-43(46)52-41(40-51-53(47,48)50-38-37-44(3,4)5)39-49-42(45)35-33-31-29-15-13-11-9-7-2/h19-20,22-23,25-26,28,30,41H,6-18,21,24,27,29,31-40H2,1-5H3/p+1/b20-19+,23-22+,26-25+,30-28+/t41-/m1/s1. The van der Waals surface area contributed by atoms with E-state index >= 15 is 0 Å². The third-order valence-corrected chi connectivity index (χ3v) is 9.60. The molecular formula is C43H79NO8P+. The van der Waals surface area contributed by atoms with Crippen molar-refractivity contribution >= 4 is 19.8 Å². The largest absolute Gasteiger partial charge is 0.472 e. The van der Waals surface area contributed by atoms with Crippen LogP contribution in [0.3, 0.4) is 0 Å². The van der Waals surface area contributed by atoms with Gasteiger partial charge in [-0.05, 0) is 51.4 Å². The van der Waals surface area contributed by atoms with Gasteiger partial charge in [0, 0.05) is 12.8 Å². The minimum Gasteiger partial charge on any atom is -0.462 e. The quantitative estimate of drug-likeness (QED) is 0.0219. The molecule has 0 rings (SSSR count). The summed E-state index contributed by atoms with van der Waals surface area (Å²) < 4.78 is 34.1. The van der Waals surface area contributed by atoms with Gasteiger partial charge < -0.3 is 18.9 Å². The highest BCUT2D eigenvalue weighted by Crippen LogP contribution is 2.43. The summed E-state index contributed by atoms with van der Waals surface area (Å²) >= 11 is 0. The van der Waals surface area contributed by atoms with E-state index in [2.05, 4.69) is 56.4 Å². The van der Waals surface area contributed by atoms with Crippen molar-refractivity contribution in [1.29, 1.82) is 0 Å². The van der Waals surface area contributed by atoms with Crippen molar-refractivity contribution in [2.45, 2.75) is 168 Å². The average Bonchev–Trinajstić information content (AvgIpc) is 3.10. The van der Waals surface area contributed by atoms with Crippen LogP contribution in [0.4, 0.5) is 0 Å². The zero-order valence-corrected chi connectivity index (χ0v) is 35.4. The fourth-order valence-corrected chi connectivity index (χ4v) is 6.04. The molecule has 1 unspecified atom stereocenters. The SMILES string of the molecule is CCCCCCCCC/C=C/C/C=C/C/C=C/C/C=C/CCCC(=O)O[C@H](COC(=O)CCCCCCCCCC)COP(=O)(O)OCC[N+](C)(C)C. The summed E-state index contributed by atoms with van der Waals surface area (Å²) in [7, 11) is 1.44. The minimum atomic E-state index is -4.38. The molecule has 0 aromatic rings. The van der Waals surface area contributed by atoms with Crippen LogP contribution >= 0.6 is 7.82 Å². The lowest BCUT2D eigenvalue weighted by Gasteiger charge is -2.24. The van der Waals surface area contributed by atoms with Crippen LogP contribution in [0.2, 0.25) is 0 Å². The van der Waals surface area contributed by atoms with Crippen molar-refractivity contribution in [2.24, 2.45) is 0 Å². The molecule has 9 nitrogen and oxygen atoms in total. The molecule has 2 atom stereocenters. The van der Waals surface area contributed by atoms with E-state index in [0.29, 0.717) is 17.4 Å². The topological polar surface area (TPSA) is 108 Å². The lowest BCUT2D eigenvalue weighted by molar-refractivity contribution is -0.870. The van der Waals surface area contributed by atoms with Gasteiger partial charge in [-0.3, -0.25) is 18.6 Å². The molecule has 0 bridgehead atoms. The Labute approximate surface area is 324 Å². The Morgan fingerprint density at radius 2 is 1.04 bits per heavy atom. The fourth-order valence-electron chi connectivity index (χ4n) is 5.30. The average molecular weight is 769 g/mol. The third kappa shape index (κ3) is 39.5. The van der Waals surface area contributed by atoms with Crippen LogP contribution in [0.25, 0.3) is 0 Å². The highest BCUT2D eigenvalue weighted by molar-refractivity contribution is 7.47. The second-order valence-corrected chi connectivity index (χ2v) is 16.5. The van der Waals surface area contributed by atoms with Crippen molar-refractivity contribution in [3.05, 3.63) is 48.6 Å². The number of nitrogens with zero attached hydrogens (tertiary/aromatic N) is 1. The maximum atomic E-state index is 12.6. The van der Waals surface area contributed by atoms with Crippen LogP contribution in [0, 0.1) is 0 Å². The summed E-state index contributed by atoms with van der Waals surface area (Å²) in [5.74, 6) is -0.871. The number of hydrogen-bond acceptors (Lipinski definition) is 7. The van der Waals surface area contributed by atoms with E-state index in [9.17, 15) is 19.0 Å². The van der Waals surface area contributed by atoms with Gasteiger partial charge in [0.05, 0.1) is 27.7 Å². The Bertz CT molecular complexity index is 1050. The van der Waals surface area contributed by atoms with E-state index in [-0.39, 0.29) is 32.0 Å². The molecule has 10 heteroatoms. The number of carbonyl (C=O) groups excluding carboxylic acids is 2. The van der Waals surface area contributed by atoms with Crippen LogP contribution in [-0.4, -0.2) is 74.9 Å². The summed E-state index contributed by atoms with van der Waals surface area (Å²) in [5.41, 5.74) is 0. The number of phosphoric acid groups is 1. The minimum absolute atomic E-state index is 0.0208. The zero-order valence-electron chi connectivity index (χ0n) is 34.5. The Hall–Kier alpha value is -2.03. The Morgan fingerprint density at radius 1 is 0.585 bits per heavy atom. The van der Waals surface area contributed by atoms with E-state index in [1.54, 1.807) is 0 Å². The number of ether oxygens (including phenoxy) is 2. The summed E-state index contributed by atoms with van der Waals surface area (Å²) in [6.07, 6.45) is 40.4. The summed E-state index contributed by atoms with van der Waals surface area (Å²) in [6.45, 7) is 4.30. The number of quaternary nitrogens is 1. The smallest absolute Gasteiger partial charge is 0.462 e. The zero-order chi connectivity index (χ0) is 39.3. The summed E-state index contributed by atoms with van der Waals surface area (Å²) in [5, 5.41) is 0. The first-order valence-corrected chi connectivity index (χ1v) is 22.4. The van der Waals surface area contributed by atoms with Crippen LogP contribution in [0.1, 0.15) is 162 Å². The summed E-state index contributed by atoms with van der Waals surface area (Å²) in [4.78, 5) is 35.1. The van der Waals surface area contributed by atoms with Gasteiger partial charge in [0.25, 0.3) is 0 Å². The number of hydrogen-bond donors (Lipinski definition) is 1. The third-order valence-electron chi connectivity index (χ3n) is 8.61. The molecule has 0 saturated heterocycles. The van der Waals surface area contributed by atoms with Crippen molar-refractivity contribution in [3.63, 3.8) is 0 Å². The number of carbonyl (C=O) groups is 2. The monoisotopic (exact) mass is 769 g/mol. The predicted octanol–water partition coefficient (Wildman–Crippen LogP) is 11.5. The number of likely N-dealkylation sites (N-methyl/N-ethyl adjacent to an activating group) is 1. The summed E-state index contributed by atoms with van der Waals surface area (Å²) in [6, 6.07) is 0. The number of esters is 2. The number of rotatable bonds is 37. The van der Waals surface area contributed by atoms with Crippen LogP contribution in [-0.2, 0) is 32.7 Å². The van der Waals surface area contributed by atoms with Gasteiger partial charge in [0.1, 0.15) is 19.8 Å². The van der Waals surface area contributed by atoms with Gasteiger partial charge in [-0.25, -0.2) is 4.57 Å². The van der Waals surface area contributed by atoms with Crippen molar-refractivity contribution < 1.29 is 42.1 Å². The van der Waals surface area contributed by atoms with Gasteiger partial charge in [-0.15, -0.1) is 0 Å². The molecule has 0 radical (unpaired) electrons. The van der Waals surface area contributed by atoms with Crippen molar-refractivity contribution in [3.8, 4) is 0 Å². The molecule has 0 fully saturated rings.